The maximum Gasteiger partial charge on any atom is 0.263 e. The van der Waals surface area contributed by atoms with E-state index >= 15 is 0 Å². The Labute approximate surface area is 135 Å². The van der Waals surface area contributed by atoms with Gasteiger partial charge in [0.1, 0.15) is 5.56 Å². The Balaban J connectivity index is 1.80. The zero-order valence-corrected chi connectivity index (χ0v) is 13.7. The number of pyridine rings is 2. The summed E-state index contributed by atoms with van der Waals surface area (Å²) in [4.78, 5) is 30.9. The number of hydrogen-bond acceptors (Lipinski definition) is 3. The highest BCUT2D eigenvalue weighted by molar-refractivity contribution is 5.94. The molecule has 2 aromatic rings. The van der Waals surface area contributed by atoms with Crippen LogP contribution < -0.4 is 5.56 Å². The number of rotatable bonds is 3. The van der Waals surface area contributed by atoms with Crippen LogP contribution >= 0.6 is 0 Å². The molecule has 1 aliphatic heterocycles. The van der Waals surface area contributed by atoms with Gasteiger partial charge in [0, 0.05) is 44.1 Å². The van der Waals surface area contributed by atoms with Crippen molar-refractivity contribution in [2.24, 2.45) is 7.05 Å². The maximum absolute atomic E-state index is 12.6. The molecule has 1 fully saturated rings. The van der Waals surface area contributed by atoms with Gasteiger partial charge in [-0.3, -0.25) is 14.6 Å². The number of carbonyl (C=O) groups excluding carboxylic acids is 1. The van der Waals surface area contributed by atoms with Crippen molar-refractivity contribution in [2.75, 3.05) is 13.1 Å². The van der Waals surface area contributed by atoms with E-state index < -0.39 is 0 Å². The van der Waals surface area contributed by atoms with Crippen LogP contribution in [0.2, 0.25) is 0 Å². The van der Waals surface area contributed by atoms with E-state index in [1.54, 1.807) is 28.8 Å². The minimum absolute atomic E-state index is 0.170. The van der Waals surface area contributed by atoms with Crippen LogP contribution in [0.5, 0.6) is 0 Å². The molecule has 2 aromatic heterocycles. The third-order valence-electron chi connectivity index (χ3n) is 4.65. The quantitative estimate of drug-likeness (QED) is 0.870. The molecule has 1 amide bonds. The van der Waals surface area contributed by atoms with Crippen molar-refractivity contribution in [3.8, 4) is 0 Å². The molecule has 1 saturated heterocycles. The van der Waals surface area contributed by atoms with Crippen molar-refractivity contribution in [1.82, 2.24) is 14.5 Å². The number of likely N-dealkylation sites (tertiary alicyclic amines) is 1. The average molecular weight is 311 g/mol. The second-order valence-corrected chi connectivity index (χ2v) is 6.10. The van der Waals surface area contributed by atoms with Gasteiger partial charge >= 0.3 is 0 Å². The van der Waals surface area contributed by atoms with Gasteiger partial charge in [0.05, 0.1) is 0 Å². The Morgan fingerprint density at radius 1 is 1.39 bits per heavy atom. The highest BCUT2D eigenvalue weighted by Gasteiger charge is 2.33. The lowest BCUT2D eigenvalue weighted by atomic mass is 9.92. The number of hydrogen-bond donors (Lipinski definition) is 0. The third-order valence-corrected chi connectivity index (χ3v) is 4.65. The van der Waals surface area contributed by atoms with Crippen LogP contribution in [0.1, 0.15) is 40.0 Å². The molecule has 0 aromatic carbocycles. The van der Waals surface area contributed by atoms with Crippen LogP contribution in [0, 0.1) is 6.92 Å². The zero-order chi connectivity index (χ0) is 16.6. The number of aryl methyl sites for hydroxylation is 1. The van der Waals surface area contributed by atoms with E-state index in [0.717, 1.165) is 23.2 Å². The molecule has 5 nitrogen and oxygen atoms in total. The van der Waals surface area contributed by atoms with E-state index in [9.17, 15) is 9.59 Å². The van der Waals surface area contributed by atoms with Crippen molar-refractivity contribution < 1.29 is 4.79 Å². The molecule has 0 radical (unpaired) electrons. The number of aromatic nitrogens is 2. The summed E-state index contributed by atoms with van der Waals surface area (Å²) in [6, 6.07) is 5.67. The van der Waals surface area contributed by atoms with Gasteiger partial charge in [-0.1, -0.05) is 13.0 Å². The standard InChI is InChI=1S/C18H21N3O2/c1-4-16-12(2)8-15(17(22)20(16)3)18(23)21-10-14(11-21)13-6-5-7-19-9-13/h5-9,14H,4,10-11H2,1-3H3. The van der Waals surface area contributed by atoms with Crippen molar-refractivity contribution in [3.63, 3.8) is 0 Å². The highest BCUT2D eigenvalue weighted by atomic mass is 16.2. The fourth-order valence-corrected chi connectivity index (χ4v) is 3.24. The summed E-state index contributed by atoms with van der Waals surface area (Å²) in [5.41, 5.74) is 3.17. The molecule has 23 heavy (non-hydrogen) atoms. The van der Waals surface area contributed by atoms with E-state index in [4.69, 9.17) is 0 Å². The summed E-state index contributed by atoms with van der Waals surface area (Å²) in [6.07, 6.45) is 4.36. The third kappa shape index (κ3) is 2.67. The van der Waals surface area contributed by atoms with Crippen LogP contribution in [-0.2, 0) is 13.5 Å². The molecule has 0 bridgehead atoms. The summed E-state index contributed by atoms with van der Waals surface area (Å²) >= 11 is 0. The molecule has 0 saturated carbocycles. The smallest absolute Gasteiger partial charge is 0.263 e. The van der Waals surface area contributed by atoms with Gasteiger partial charge in [-0.05, 0) is 36.6 Å². The summed E-state index contributed by atoms with van der Waals surface area (Å²) in [5.74, 6) is 0.143. The zero-order valence-electron chi connectivity index (χ0n) is 13.7. The maximum atomic E-state index is 12.6. The monoisotopic (exact) mass is 311 g/mol. The lowest BCUT2D eigenvalue weighted by Crippen LogP contribution is -2.50. The summed E-state index contributed by atoms with van der Waals surface area (Å²) in [5, 5.41) is 0. The molecule has 0 aliphatic carbocycles. The molecule has 5 heteroatoms. The summed E-state index contributed by atoms with van der Waals surface area (Å²) in [6.45, 7) is 5.24. The number of amides is 1. The Morgan fingerprint density at radius 3 is 2.74 bits per heavy atom. The molecular formula is C18H21N3O2. The first kappa shape index (κ1) is 15.5. The lowest BCUT2D eigenvalue weighted by molar-refractivity contribution is 0.0599. The Kier molecular flexibility index (Phi) is 4.03. The molecule has 0 atom stereocenters. The first-order chi connectivity index (χ1) is 11.0. The molecule has 120 valence electrons. The van der Waals surface area contributed by atoms with Crippen LogP contribution in [0.15, 0.2) is 35.4 Å². The van der Waals surface area contributed by atoms with Gasteiger partial charge in [-0.15, -0.1) is 0 Å². The molecule has 3 rings (SSSR count). The van der Waals surface area contributed by atoms with Crippen molar-refractivity contribution in [2.45, 2.75) is 26.2 Å². The molecule has 0 N–H and O–H groups in total. The molecule has 0 spiro atoms. The fraction of sp³-hybridized carbons (Fsp3) is 0.389. The van der Waals surface area contributed by atoms with Gasteiger partial charge in [0.2, 0.25) is 0 Å². The second-order valence-electron chi connectivity index (χ2n) is 6.10. The van der Waals surface area contributed by atoms with Crippen LogP contribution in [0.25, 0.3) is 0 Å². The van der Waals surface area contributed by atoms with Gasteiger partial charge < -0.3 is 9.47 Å². The fourth-order valence-electron chi connectivity index (χ4n) is 3.24. The number of nitrogens with zero attached hydrogens (tertiary/aromatic N) is 3. The van der Waals surface area contributed by atoms with Gasteiger partial charge in [-0.2, -0.15) is 0 Å². The minimum atomic E-state index is -0.206. The van der Waals surface area contributed by atoms with E-state index in [-0.39, 0.29) is 17.0 Å². The van der Waals surface area contributed by atoms with E-state index in [2.05, 4.69) is 4.98 Å². The Bertz CT molecular complexity index is 790. The van der Waals surface area contributed by atoms with Crippen LogP contribution in [-0.4, -0.2) is 33.4 Å². The van der Waals surface area contributed by atoms with Crippen LogP contribution in [0.3, 0.4) is 0 Å². The second kappa shape index (κ2) is 5.99. The van der Waals surface area contributed by atoms with Gasteiger partial charge in [0.15, 0.2) is 0 Å². The Hall–Kier alpha value is -2.43. The van der Waals surface area contributed by atoms with E-state index in [1.807, 2.05) is 32.2 Å². The van der Waals surface area contributed by atoms with Crippen LogP contribution in [0.4, 0.5) is 0 Å². The first-order valence-electron chi connectivity index (χ1n) is 7.91. The lowest BCUT2D eigenvalue weighted by Gasteiger charge is -2.39. The SMILES string of the molecule is CCc1c(C)cc(C(=O)N2CC(c3cccnc3)C2)c(=O)n1C. The van der Waals surface area contributed by atoms with Crippen molar-refractivity contribution in [3.05, 3.63) is 63.3 Å². The normalized spacial score (nSPS) is 14.7. The predicted octanol–water partition coefficient (Wildman–Crippen LogP) is 1.89. The van der Waals surface area contributed by atoms with Crippen molar-refractivity contribution in [1.29, 1.82) is 0 Å². The topological polar surface area (TPSA) is 55.2 Å². The van der Waals surface area contributed by atoms with Crippen molar-refractivity contribution >= 4 is 5.91 Å². The van der Waals surface area contributed by atoms with E-state index in [1.165, 1.54) is 0 Å². The largest absolute Gasteiger partial charge is 0.337 e. The summed E-state index contributed by atoms with van der Waals surface area (Å²) < 4.78 is 1.60. The van der Waals surface area contributed by atoms with Gasteiger partial charge in [0.25, 0.3) is 11.5 Å². The minimum Gasteiger partial charge on any atom is -0.337 e. The van der Waals surface area contributed by atoms with Gasteiger partial charge in [-0.25, -0.2) is 0 Å². The molecular weight excluding hydrogens is 290 g/mol. The predicted molar refractivity (Wildman–Crippen MR) is 88.7 cm³/mol. The number of carbonyl (C=O) groups is 1. The van der Waals surface area contributed by atoms with E-state index in [0.29, 0.717) is 19.0 Å². The average Bonchev–Trinajstić information content (AvgIpc) is 2.51. The Morgan fingerprint density at radius 2 is 2.13 bits per heavy atom. The highest BCUT2D eigenvalue weighted by Crippen LogP contribution is 2.27. The molecule has 3 heterocycles. The summed E-state index contributed by atoms with van der Waals surface area (Å²) in [7, 11) is 1.74. The molecule has 0 unspecified atom stereocenters. The first-order valence-corrected chi connectivity index (χ1v) is 7.91. The molecule has 1 aliphatic rings.